The van der Waals surface area contributed by atoms with Gasteiger partial charge in [-0.2, -0.15) is 0 Å². The van der Waals surface area contributed by atoms with Crippen LogP contribution in [0.15, 0.2) is 0 Å². The molecule has 0 amide bonds. The summed E-state index contributed by atoms with van der Waals surface area (Å²) in [6, 6.07) is 0. The second-order valence-electron chi connectivity index (χ2n) is 2.00. The molecule has 0 aromatic rings. The predicted octanol–water partition coefficient (Wildman–Crippen LogP) is -7.58. The van der Waals surface area contributed by atoms with E-state index in [1.54, 1.807) is 0 Å². The van der Waals surface area contributed by atoms with Gasteiger partial charge >= 0.3 is 51.4 Å². The second kappa shape index (κ2) is 12.0. The predicted molar refractivity (Wildman–Crippen MR) is 38.3 cm³/mol. The van der Waals surface area contributed by atoms with Crippen molar-refractivity contribution in [3.05, 3.63) is 0 Å². The molecule has 0 saturated carbocycles. The van der Waals surface area contributed by atoms with Gasteiger partial charge in [0.15, 0.2) is 0 Å². The first-order valence-electron chi connectivity index (χ1n) is 3.31. The summed E-state index contributed by atoms with van der Waals surface area (Å²) in [4.78, 5) is 9.85. The van der Waals surface area contributed by atoms with E-state index in [2.05, 4.69) is 0 Å². The van der Waals surface area contributed by atoms with Crippen molar-refractivity contribution in [2.24, 2.45) is 0 Å². The summed E-state index contributed by atoms with van der Waals surface area (Å²) in [6.07, 6.45) is -5.79. The van der Waals surface area contributed by atoms with Crippen LogP contribution in [0.4, 0.5) is 0 Å². The van der Waals surface area contributed by atoms with Crippen LogP contribution in [0.25, 0.3) is 0 Å². The summed E-state index contributed by atoms with van der Waals surface area (Å²) < 4.78 is 0. The number of carboxylic acids is 1. The number of rotatable bonds is 4. The molecule has 5 N–H and O–H groups in total. The molecule has 0 saturated heterocycles. The Morgan fingerprint density at radius 2 is 1.64 bits per heavy atom. The molecule has 0 fully saturated rings. The Hall–Kier alpha value is 0.906. The Morgan fingerprint density at radius 3 is 1.86 bits per heavy atom. The van der Waals surface area contributed by atoms with E-state index in [1.165, 1.54) is 0 Å². The van der Waals surface area contributed by atoms with E-state index in [1.807, 2.05) is 0 Å². The van der Waals surface area contributed by atoms with E-state index >= 15 is 0 Å². The van der Waals surface area contributed by atoms with Crippen LogP contribution in [0.1, 0.15) is 0 Å². The maximum absolute atomic E-state index is 9.85. The van der Waals surface area contributed by atoms with Crippen LogP contribution in [-0.4, -0.2) is 63.5 Å². The van der Waals surface area contributed by atoms with Crippen molar-refractivity contribution >= 4 is 5.97 Å². The van der Waals surface area contributed by atoms with Crippen LogP contribution < -0.4 is 56.5 Å². The van der Waals surface area contributed by atoms with Gasteiger partial charge in [-0.1, -0.05) is 0 Å². The maximum atomic E-state index is 9.85. The number of hydrogen-bond donors (Lipinski definition) is 5. The smallest absolute Gasteiger partial charge is 0.547 e. The molecule has 7 nitrogen and oxygen atoms in total. The topological polar surface area (TPSA) is 141 Å². The minimum absolute atomic E-state index is 0. The second-order valence-corrected chi connectivity index (χ2v) is 2.00. The number of hydrogen-bond acceptors (Lipinski definition) is 7. The molecular formula is C6H13KO7. The van der Waals surface area contributed by atoms with Crippen molar-refractivity contribution in [1.82, 2.24) is 0 Å². The van der Waals surface area contributed by atoms with Crippen molar-refractivity contribution in [3.8, 4) is 0 Å². The molecule has 0 heterocycles. The number of aliphatic hydroxyl groups is 5. The molecule has 0 aromatic carbocycles. The van der Waals surface area contributed by atoms with Gasteiger partial charge in [-0.15, -0.1) is 0 Å². The van der Waals surface area contributed by atoms with Gasteiger partial charge in [-0.25, -0.2) is 0 Å². The fourth-order valence-electron chi connectivity index (χ4n) is 0.458. The Labute approximate surface area is 123 Å². The Bertz CT molecular complexity index is 142. The Kier molecular flexibility index (Phi) is 17.4. The first-order chi connectivity index (χ1) is 6.00. The summed E-state index contributed by atoms with van der Waals surface area (Å²) >= 11 is 0. The monoisotopic (exact) mass is 236 g/mol. The van der Waals surface area contributed by atoms with Crippen molar-refractivity contribution in [3.63, 3.8) is 0 Å². The average molecular weight is 236 g/mol. The van der Waals surface area contributed by atoms with Crippen LogP contribution in [0, 0.1) is 0 Å². The van der Waals surface area contributed by atoms with E-state index in [9.17, 15) is 9.90 Å². The minimum atomic E-state index is -2.18. The summed E-state index contributed by atoms with van der Waals surface area (Å²) in [6.45, 7) is -0.828. The average Bonchev–Trinajstić information content (AvgIpc) is 2.17. The van der Waals surface area contributed by atoms with E-state index in [0.717, 1.165) is 7.11 Å². The molecule has 0 aliphatic rings. The first-order valence-corrected chi connectivity index (χ1v) is 3.31. The molecule has 0 aromatic heterocycles. The Balaban J connectivity index is -0.000000376. The molecule has 0 spiro atoms. The molecular weight excluding hydrogens is 223 g/mol. The molecule has 3 unspecified atom stereocenters. The summed E-state index contributed by atoms with van der Waals surface area (Å²) in [5.74, 6) is -1.90. The minimum Gasteiger partial charge on any atom is -0.547 e. The molecule has 0 radical (unpaired) electrons. The van der Waals surface area contributed by atoms with Gasteiger partial charge in [0.05, 0.1) is 12.6 Å². The molecule has 0 rings (SSSR count). The SMILES string of the molecule is CO.O=C([O-])C(O)C(O)C(O)CO.[K+]. The largest absolute Gasteiger partial charge is 1.00 e. The van der Waals surface area contributed by atoms with Crippen LogP contribution in [-0.2, 0) is 4.79 Å². The van der Waals surface area contributed by atoms with E-state index in [4.69, 9.17) is 25.5 Å². The van der Waals surface area contributed by atoms with Crippen LogP contribution in [0.3, 0.4) is 0 Å². The maximum Gasteiger partial charge on any atom is 1.00 e. The zero-order valence-electron chi connectivity index (χ0n) is 7.99. The fraction of sp³-hybridized carbons (Fsp3) is 0.833. The zero-order valence-corrected chi connectivity index (χ0v) is 11.1. The molecule has 14 heavy (non-hydrogen) atoms. The van der Waals surface area contributed by atoms with Crippen molar-refractivity contribution in [2.75, 3.05) is 13.7 Å². The normalized spacial score (nSPS) is 15.3. The van der Waals surface area contributed by atoms with Crippen molar-refractivity contribution < 1.29 is 86.8 Å². The van der Waals surface area contributed by atoms with E-state index < -0.39 is 30.9 Å². The van der Waals surface area contributed by atoms with Crippen LogP contribution in [0.2, 0.25) is 0 Å². The number of aliphatic hydroxyl groups excluding tert-OH is 5. The first kappa shape index (κ1) is 20.3. The van der Waals surface area contributed by atoms with Gasteiger partial charge in [0.1, 0.15) is 18.3 Å². The third-order valence-electron chi connectivity index (χ3n) is 1.15. The number of aliphatic carboxylic acids is 1. The van der Waals surface area contributed by atoms with Crippen molar-refractivity contribution in [1.29, 1.82) is 0 Å². The standard InChI is InChI=1S/C5H10O6.CH4O.K/c6-1-2(7)3(8)4(9)5(10)11;1-2;/h2-4,6-9H,1H2,(H,10,11);2H,1H3;/q;;+1/p-1. The van der Waals surface area contributed by atoms with Gasteiger partial charge in [0, 0.05) is 7.11 Å². The van der Waals surface area contributed by atoms with Crippen molar-refractivity contribution in [2.45, 2.75) is 18.3 Å². The molecule has 3 atom stereocenters. The van der Waals surface area contributed by atoms with Gasteiger partial charge in [-0.3, -0.25) is 0 Å². The van der Waals surface area contributed by atoms with E-state index in [0.29, 0.717) is 0 Å². The Morgan fingerprint density at radius 1 is 1.29 bits per heavy atom. The van der Waals surface area contributed by atoms with Gasteiger partial charge in [0.25, 0.3) is 0 Å². The summed E-state index contributed by atoms with van der Waals surface area (Å²) in [7, 11) is 1.00. The summed E-state index contributed by atoms with van der Waals surface area (Å²) in [5.41, 5.74) is 0. The van der Waals surface area contributed by atoms with Gasteiger partial charge in [-0.05, 0) is 0 Å². The van der Waals surface area contributed by atoms with Gasteiger partial charge < -0.3 is 35.4 Å². The number of carboxylic acid groups (broad SMARTS) is 1. The third-order valence-corrected chi connectivity index (χ3v) is 1.15. The number of carbonyl (C=O) groups is 1. The summed E-state index contributed by atoms with van der Waals surface area (Å²) in [5, 5.41) is 50.8. The molecule has 8 heteroatoms. The van der Waals surface area contributed by atoms with Crippen LogP contribution in [0.5, 0.6) is 0 Å². The quantitative estimate of drug-likeness (QED) is 0.305. The third kappa shape index (κ3) is 8.23. The van der Waals surface area contributed by atoms with Crippen LogP contribution >= 0.6 is 0 Å². The molecule has 0 aliphatic carbocycles. The zero-order chi connectivity index (χ0) is 11.0. The molecule has 0 bridgehead atoms. The number of carbonyl (C=O) groups excluding carboxylic acids is 1. The van der Waals surface area contributed by atoms with E-state index in [-0.39, 0.29) is 51.4 Å². The molecule has 80 valence electrons. The molecule has 0 aliphatic heterocycles. The fourth-order valence-corrected chi connectivity index (χ4v) is 0.458. The van der Waals surface area contributed by atoms with Gasteiger partial charge in [0.2, 0.25) is 0 Å².